The summed E-state index contributed by atoms with van der Waals surface area (Å²) >= 11 is 0. The predicted octanol–water partition coefficient (Wildman–Crippen LogP) is 3.15. The first-order valence-electron chi connectivity index (χ1n) is 15.7. The molecule has 0 spiro atoms. The molecule has 6 unspecified atom stereocenters. The Morgan fingerprint density at radius 2 is 1.24 bits per heavy atom. The number of rotatable bonds is 23. The second-order valence-electron chi connectivity index (χ2n) is 11.0. The predicted molar refractivity (Wildman–Crippen MR) is 166 cm³/mol. The second kappa shape index (κ2) is 23.4. The van der Waals surface area contributed by atoms with Crippen LogP contribution in [-0.4, -0.2) is 98.3 Å². The smallest absolute Gasteiger partial charge is 0.462 e. The number of hydrogen-bond donors (Lipinski definition) is 6. The molecule has 0 heterocycles. The zero-order chi connectivity index (χ0) is 33.7. The average Bonchev–Trinajstić information content (AvgIpc) is 3.00. The van der Waals surface area contributed by atoms with Crippen molar-refractivity contribution >= 4 is 19.8 Å². The van der Waals surface area contributed by atoms with E-state index in [0.29, 0.717) is 6.42 Å². The summed E-state index contributed by atoms with van der Waals surface area (Å²) in [5.41, 5.74) is 0. The van der Waals surface area contributed by atoms with Gasteiger partial charge in [0.2, 0.25) is 0 Å². The summed E-state index contributed by atoms with van der Waals surface area (Å²) in [6, 6.07) is 0. The summed E-state index contributed by atoms with van der Waals surface area (Å²) in [6.45, 7) is 2.03. The highest BCUT2D eigenvalue weighted by atomic mass is 31.2. The molecule has 0 aromatic rings. The van der Waals surface area contributed by atoms with Gasteiger partial charge in [-0.2, -0.15) is 0 Å². The van der Waals surface area contributed by atoms with E-state index in [1.807, 2.05) is 0 Å². The Bertz CT molecular complexity index is 953. The van der Waals surface area contributed by atoms with Crippen LogP contribution < -0.4 is 0 Å². The lowest BCUT2D eigenvalue weighted by molar-refractivity contribution is -0.220. The van der Waals surface area contributed by atoms with Gasteiger partial charge in [0, 0.05) is 13.3 Å². The van der Waals surface area contributed by atoms with Gasteiger partial charge in [0.05, 0.1) is 6.61 Å². The minimum Gasteiger partial charge on any atom is -0.462 e. The van der Waals surface area contributed by atoms with Gasteiger partial charge < -0.3 is 39.9 Å². The van der Waals surface area contributed by atoms with Crippen LogP contribution in [0.5, 0.6) is 0 Å². The Balaban J connectivity index is 2.32. The summed E-state index contributed by atoms with van der Waals surface area (Å²) in [5.74, 6) is -1.31. The average molecular weight is 665 g/mol. The van der Waals surface area contributed by atoms with E-state index in [2.05, 4.69) is 43.4 Å². The summed E-state index contributed by atoms with van der Waals surface area (Å²) in [5, 5.41) is 49.2. The highest BCUT2D eigenvalue weighted by Crippen LogP contribution is 2.47. The Morgan fingerprint density at radius 3 is 1.82 bits per heavy atom. The first-order chi connectivity index (χ1) is 21.4. The van der Waals surface area contributed by atoms with Gasteiger partial charge >= 0.3 is 19.8 Å². The van der Waals surface area contributed by atoms with Crippen LogP contribution in [0.15, 0.2) is 36.5 Å². The van der Waals surface area contributed by atoms with Gasteiger partial charge in [0.15, 0.2) is 6.10 Å². The maximum atomic E-state index is 12.4. The van der Waals surface area contributed by atoms with Crippen molar-refractivity contribution in [2.45, 2.75) is 134 Å². The van der Waals surface area contributed by atoms with Gasteiger partial charge in [-0.1, -0.05) is 75.5 Å². The maximum absolute atomic E-state index is 12.4. The van der Waals surface area contributed by atoms with E-state index < -0.39 is 75.7 Å². The van der Waals surface area contributed by atoms with Crippen molar-refractivity contribution in [3.63, 3.8) is 0 Å². The van der Waals surface area contributed by atoms with Crippen molar-refractivity contribution in [1.29, 1.82) is 0 Å². The second-order valence-corrected chi connectivity index (χ2v) is 12.4. The van der Waals surface area contributed by atoms with E-state index in [4.69, 9.17) is 18.5 Å². The highest BCUT2D eigenvalue weighted by Gasteiger charge is 2.51. The number of esters is 2. The number of aliphatic hydroxyl groups excluding tert-OH is 5. The number of ether oxygens (including phenoxy) is 2. The molecule has 1 rings (SSSR count). The van der Waals surface area contributed by atoms with Crippen molar-refractivity contribution in [2.24, 2.45) is 0 Å². The van der Waals surface area contributed by atoms with Crippen molar-refractivity contribution < 1.29 is 63.1 Å². The molecule has 0 bridgehead atoms. The summed E-state index contributed by atoms with van der Waals surface area (Å²) in [6.07, 6.45) is 10.8. The van der Waals surface area contributed by atoms with Gasteiger partial charge in [-0.25, -0.2) is 4.57 Å². The fourth-order valence-electron chi connectivity index (χ4n) is 4.50. The Morgan fingerprint density at radius 1 is 0.733 bits per heavy atom. The molecule has 0 aromatic heterocycles. The minimum absolute atomic E-state index is 0.0799. The molecule has 0 saturated heterocycles. The van der Waals surface area contributed by atoms with Gasteiger partial charge in [-0.05, 0) is 38.5 Å². The van der Waals surface area contributed by atoms with Gasteiger partial charge in [-0.15, -0.1) is 0 Å². The summed E-state index contributed by atoms with van der Waals surface area (Å²) in [7, 11) is -5.07. The Hall–Kier alpha value is -1.93. The number of hydrogen-bond acceptors (Lipinski definition) is 12. The van der Waals surface area contributed by atoms with Crippen molar-refractivity contribution in [3.05, 3.63) is 36.5 Å². The first-order valence-corrected chi connectivity index (χ1v) is 17.2. The number of carbonyl (C=O) groups is 2. The van der Waals surface area contributed by atoms with Gasteiger partial charge in [-0.3, -0.25) is 18.6 Å². The standard InChI is InChI=1S/C31H53O13P/c1-3-4-5-6-7-8-9-10-11-12-13-14-15-16-17-18-19-20-25(33)43-24(21-41-23(2)32)22-42-45(39,40)44-31-29(37)27(35)26(34)28(36)30(31)38/h4-5,7-8,10-11,24,26-31,34-38H,3,6,9,12-22H2,1-2H3,(H,39,40)/b5-4-,8-7-,11-10-. The molecule has 14 heteroatoms. The normalized spacial score (nSPS) is 26.0. The lowest BCUT2D eigenvalue weighted by atomic mass is 9.85. The van der Waals surface area contributed by atoms with Gasteiger partial charge in [0.1, 0.15) is 43.2 Å². The van der Waals surface area contributed by atoms with Crippen LogP contribution in [0, 0.1) is 0 Å². The van der Waals surface area contributed by atoms with Crippen molar-refractivity contribution in [2.75, 3.05) is 13.2 Å². The third kappa shape index (κ3) is 18.1. The molecule has 13 nitrogen and oxygen atoms in total. The maximum Gasteiger partial charge on any atom is 0.472 e. The molecule has 260 valence electrons. The SMILES string of the molecule is CC/C=C\C/C=C\C/C=C\CCCCCCCCCC(=O)OC(COC(C)=O)COP(=O)(O)OC1C(O)C(O)C(O)C(O)C1O. The molecule has 6 N–H and O–H groups in total. The number of phosphoric acid groups is 1. The van der Waals surface area contributed by atoms with E-state index >= 15 is 0 Å². The Kier molecular flexibility index (Phi) is 21.4. The molecule has 0 aromatic carbocycles. The first kappa shape index (κ1) is 41.1. The lowest BCUT2D eigenvalue weighted by Gasteiger charge is -2.41. The molecular weight excluding hydrogens is 611 g/mol. The number of carbonyl (C=O) groups excluding carboxylic acids is 2. The lowest BCUT2D eigenvalue weighted by Crippen LogP contribution is -2.64. The van der Waals surface area contributed by atoms with E-state index in [1.54, 1.807) is 0 Å². The molecule has 1 fully saturated rings. The zero-order valence-electron chi connectivity index (χ0n) is 26.4. The molecule has 1 saturated carbocycles. The quantitative estimate of drug-likeness (QED) is 0.0402. The summed E-state index contributed by atoms with van der Waals surface area (Å²) < 4.78 is 32.1. The van der Waals surface area contributed by atoms with Crippen LogP contribution in [0.2, 0.25) is 0 Å². The zero-order valence-corrected chi connectivity index (χ0v) is 27.3. The number of allylic oxidation sites excluding steroid dienone is 6. The highest BCUT2D eigenvalue weighted by molar-refractivity contribution is 7.47. The van der Waals surface area contributed by atoms with Crippen molar-refractivity contribution in [1.82, 2.24) is 0 Å². The summed E-state index contributed by atoms with van der Waals surface area (Å²) in [4.78, 5) is 33.7. The van der Waals surface area contributed by atoms with E-state index in [9.17, 15) is 44.6 Å². The van der Waals surface area contributed by atoms with E-state index in [-0.39, 0.29) is 6.42 Å². The van der Waals surface area contributed by atoms with Gasteiger partial charge in [0.25, 0.3) is 0 Å². The third-order valence-corrected chi connectivity index (χ3v) is 8.04. The molecule has 1 aliphatic carbocycles. The molecule has 0 aliphatic heterocycles. The third-order valence-electron chi connectivity index (χ3n) is 7.05. The largest absolute Gasteiger partial charge is 0.472 e. The fourth-order valence-corrected chi connectivity index (χ4v) is 5.47. The molecule has 1 aliphatic rings. The Labute approximate surface area is 266 Å². The van der Waals surface area contributed by atoms with Crippen LogP contribution in [0.1, 0.15) is 90.9 Å². The van der Waals surface area contributed by atoms with Crippen molar-refractivity contribution in [3.8, 4) is 0 Å². The van der Waals surface area contributed by atoms with Crippen LogP contribution in [0.4, 0.5) is 0 Å². The van der Waals surface area contributed by atoms with Crippen LogP contribution >= 0.6 is 7.82 Å². The number of phosphoric ester groups is 1. The number of unbranched alkanes of at least 4 members (excludes halogenated alkanes) is 7. The molecule has 0 radical (unpaired) electrons. The van der Waals surface area contributed by atoms with E-state index in [1.165, 1.54) is 0 Å². The molecule has 45 heavy (non-hydrogen) atoms. The minimum atomic E-state index is -5.07. The van der Waals surface area contributed by atoms with Crippen LogP contribution in [-0.2, 0) is 32.7 Å². The molecular formula is C31H53O13P. The molecule has 6 atom stereocenters. The monoisotopic (exact) mass is 664 g/mol. The topological polar surface area (TPSA) is 210 Å². The molecule has 0 amide bonds. The number of aliphatic hydroxyl groups is 5. The van der Waals surface area contributed by atoms with Crippen LogP contribution in [0.25, 0.3) is 0 Å². The van der Waals surface area contributed by atoms with E-state index in [0.717, 1.165) is 71.1 Å². The fraction of sp³-hybridized carbons (Fsp3) is 0.742. The van der Waals surface area contributed by atoms with Crippen LogP contribution in [0.3, 0.4) is 0 Å².